The third-order valence-electron chi connectivity index (χ3n) is 6.33. The van der Waals surface area contributed by atoms with Gasteiger partial charge in [0.2, 0.25) is 11.8 Å². The van der Waals surface area contributed by atoms with Crippen molar-refractivity contribution in [2.45, 2.75) is 52.9 Å². The van der Waals surface area contributed by atoms with Crippen molar-refractivity contribution in [3.05, 3.63) is 58.1 Å². The minimum atomic E-state index is -0.195. The number of para-hydroxylation sites is 1. The van der Waals surface area contributed by atoms with Crippen LogP contribution in [0.4, 0.5) is 11.4 Å². The van der Waals surface area contributed by atoms with Crippen LogP contribution in [0.1, 0.15) is 48.6 Å². The second-order valence-electron chi connectivity index (χ2n) is 8.44. The van der Waals surface area contributed by atoms with Gasteiger partial charge in [-0.1, -0.05) is 51.1 Å². The van der Waals surface area contributed by atoms with Gasteiger partial charge in [0.15, 0.2) is 0 Å². The molecule has 2 aromatic carbocycles. The Labute approximate surface area is 225 Å². The molecule has 0 aliphatic heterocycles. The lowest BCUT2D eigenvalue weighted by molar-refractivity contribution is -0.118. The highest BCUT2D eigenvalue weighted by atomic mass is 35.5. The number of hydrogen-bond donors (Lipinski definition) is 0. The summed E-state index contributed by atoms with van der Waals surface area (Å²) in [5, 5.41) is 0. The molecule has 0 radical (unpaired) electrons. The third kappa shape index (κ3) is 7.00. The van der Waals surface area contributed by atoms with Gasteiger partial charge in [-0.15, -0.1) is 23.2 Å². The van der Waals surface area contributed by atoms with Crippen molar-refractivity contribution in [3.8, 4) is 0 Å². The summed E-state index contributed by atoms with van der Waals surface area (Å²) in [6.07, 6.45) is 3.78. The number of rotatable bonds is 14. The standard InChI is InChI=1S/C28H38Cl2N2O4/c1-6-20-10-9-11-23(27(20)31(18-35-4)25(33)16-29)15-14-22-13-12-21(7-2)28(24(22)8-3)32(19-36-5)26(34)17-30/h9-13H,6-8,14-19H2,1-5H3. The van der Waals surface area contributed by atoms with E-state index in [1.165, 1.54) is 0 Å². The number of amides is 2. The Morgan fingerprint density at radius 1 is 0.694 bits per heavy atom. The van der Waals surface area contributed by atoms with E-state index in [0.29, 0.717) is 6.42 Å². The van der Waals surface area contributed by atoms with Crippen molar-refractivity contribution in [1.29, 1.82) is 0 Å². The SMILES string of the molecule is CCc1cccc(CCc2ccc(CC)c(N(COC)C(=O)CCl)c2CC)c1N(COC)C(=O)CCl. The zero-order chi connectivity index (χ0) is 26.7. The van der Waals surface area contributed by atoms with Crippen LogP contribution < -0.4 is 9.80 Å². The van der Waals surface area contributed by atoms with Crippen molar-refractivity contribution in [1.82, 2.24) is 0 Å². The Kier molecular flexibility index (Phi) is 12.7. The van der Waals surface area contributed by atoms with Crippen molar-refractivity contribution in [2.75, 3.05) is 49.2 Å². The van der Waals surface area contributed by atoms with E-state index in [1.807, 2.05) is 12.1 Å². The number of benzene rings is 2. The number of carbonyl (C=O) groups excluding carboxylic acids is 2. The maximum Gasteiger partial charge on any atom is 0.243 e. The lowest BCUT2D eigenvalue weighted by Crippen LogP contribution is -2.35. The Bertz CT molecular complexity index is 1030. The molecule has 2 aromatic rings. The molecule has 0 unspecified atom stereocenters. The van der Waals surface area contributed by atoms with Gasteiger partial charge in [0.25, 0.3) is 0 Å². The molecule has 8 heteroatoms. The molecule has 0 aliphatic rings. The molecule has 0 N–H and O–H groups in total. The van der Waals surface area contributed by atoms with Crippen molar-refractivity contribution < 1.29 is 19.1 Å². The topological polar surface area (TPSA) is 59.1 Å². The molecule has 0 spiro atoms. The van der Waals surface area contributed by atoms with E-state index in [2.05, 4.69) is 39.0 Å². The fraction of sp³-hybridized carbons (Fsp3) is 0.500. The van der Waals surface area contributed by atoms with E-state index in [4.69, 9.17) is 32.7 Å². The minimum absolute atomic E-state index is 0.114. The first kappa shape index (κ1) is 30.1. The fourth-order valence-corrected chi connectivity index (χ4v) is 4.94. The molecular weight excluding hydrogens is 499 g/mol. The van der Waals surface area contributed by atoms with Crippen LogP contribution in [-0.4, -0.2) is 51.3 Å². The summed E-state index contributed by atoms with van der Waals surface area (Å²) < 4.78 is 10.7. The molecule has 2 amide bonds. The maximum atomic E-state index is 12.7. The minimum Gasteiger partial charge on any atom is -0.364 e. The molecule has 36 heavy (non-hydrogen) atoms. The quantitative estimate of drug-likeness (QED) is 0.236. The number of anilines is 2. The van der Waals surface area contributed by atoms with Gasteiger partial charge in [-0.2, -0.15) is 0 Å². The molecule has 0 saturated carbocycles. The van der Waals surface area contributed by atoms with Crippen molar-refractivity contribution in [3.63, 3.8) is 0 Å². The highest BCUT2D eigenvalue weighted by molar-refractivity contribution is 6.29. The Hall–Kier alpha value is -2.12. The Morgan fingerprint density at radius 3 is 1.67 bits per heavy atom. The highest BCUT2D eigenvalue weighted by Crippen LogP contribution is 2.33. The molecule has 0 fully saturated rings. The average Bonchev–Trinajstić information content (AvgIpc) is 2.91. The van der Waals surface area contributed by atoms with Crippen LogP contribution in [0.5, 0.6) is 0 Å². The number of aryl methyl sites for hydroxylation is 4. The molecule has 198 valence electrons. The van der Waals surface area contributed by atoms with Gasteiger partial charge in [-0.25, -0.2) is 0 Å². The fourth-order valence-electron chi connectivity index (χ4n) is 4.65. The monoisotopic (exact) mass is 536 g/mol. The number of carbonyl (C=O) groups is 2. The molecule has 0 aromatic heterocycles. The molecule has 2 rings (SSSR count). The number of hydrogen-bond acceptors (Lipinski definition) is 4. The summed E-state index contributed by atoms with van der Waals surface area (Å²) in [5.74, 6) is -0.615. The first-order valence-corrected chi connectivity index (χ1v) is 13.4. The van der Waals surface area contributed by atoms with Crippen LogP contribution in [0.2, 0.25) is 0 Å². The first-order chi connectivity index (χ1) is 17.4. The van der Waals surface area contributed by atoms with E-state index in [9.17, 15) is 9.59 Å². The number of halogens is 2. The summed E-state index contributed by atoms with van der Waals surface area (Å²) in [5.41, 5.74) is 7.24. The number of ether oxygens (including phenoxy) is 2. The van der Waals surface area contributed by atoms with Gasteiger partial charge in [0.1, 0.15) is 25.2 Å². The number of methoxy groups -OCH3 is 2. The largest absolute Gasteiger partial charge is 0.364 e. The van der Waals surface area contributed by atoms with Gasteiger partial charge >= 0.3 is 0 Å². The van der Waals surface area contributed by atoms with Crippen LogP contribution >= 0.6 is 23.2 Å². The van der Waals surface area contributed by atoms with Crippen LogP contribution in [0.3, 0.4) is 0 Å². The van der Waals surface area contributed by atoms with Crippen LogP contribution in [0, 0.1) is 0 Å². The van der Waals surface area contributed by atoms with Crippen LogP contribution in [0.25, 0.3) is 0 Å². The molecule has 0 heterocycles. The summed E-state index contributed by atoms with van der Waals surface area (Å²) >= 11 is 11.9. The zero-order valence-electron chi connectivity index (χ0n) is 22.0. The van der Waals surface area contributed by atoms with Crippen molar-refractivity contribution >= 4 is 46.4 Å². The lowest BCUT2D eigenvalue weighted by Gasteiger charge is -2.28. The predicted octanol–water partition coefficient (Wildman–Crippen LogP) is 5.51. The smallest absolute Gasteiger partial charge is 0.243 e. The molecular formula is C28H38Cl2N2O4. The molecule has 0 atom stereocenters. The second-order valence-corrected chi connectivity index (χ2v) is 8.98. The number of alkyl halides is 2. The molecule has 0 saturated heterocycles. The molecule has 0 aliphatic carbocycles. The highest BCUT2D eigenvalue weighted by Gasteiger charge is 2.24. The van der Waals surface area contributed by atoms with E-state index < -0.39 is 0 Å². The Balaban J connectivity index is 2.55. The van der Waals surface area contributed by atoms with E-state index >= 15 is 0 Å². The van der Waals surface area contributed by atoms with E-state index in [0.717, 1.165) is 64.9 Å². The van der Waals surface area contributed by atoms with Crippen LogP contribution in [-0.2, 0) is 51.2 Å². The van der Waals surface area contributed by atoms with E-state index in [1.54, 1.807) is 24.0 Å². The zero-order valence-corrected chi connectivity index (χ0v) is 23.5. The first-order valence-electron chi connectivity index (χ1n) is 12.4. The third-order valence-corrected chi connectivity index (χ3v) is 6.79. The van der Waals surface area contributed by atoms with Gasteiger partial charge in [0, 0.05) is 14.2 Å². The molecule has 0 bridgehead atoms. The lowest BCUT2D eigenvalue weighted by atomic mass is 9.91. The maximum absolute atomic E-state index is 12.7. The van der Waals surface area contributed by atoms with Crippen molar-refractivity contribution in [2.24, 2.45) is 0 Å². The number of nitrogens with zero attached hydrogens (tertiary/aromatic N) is 2. The predicted molar refractivity (Wildman–Crippen MR) is 149 cm³/mol. The Morgan fingerprint density at radius 2 is 1.17 bits per heavy atom. The normalized spacial score (nSPS) is 11.0. The average molecular weight is 538 g/mol. The van der Waals surface area contributed by atoms with Gasteiger partial charge in [-0.05, 0) is 59.9 Å². The van der Waals surface area contributed by atoms with Gasteiger partial charge in [0.05, 0.1) is 11.4 Å². The summed E-state index contributed by atoms with van der Waals surface area (Å²) in [6.45, 7) is 6.53. The molecule has 6 nitrogen and oxygen atoms in total. The summed E-state index contributed by atoms with van der Waals surface area (Å²) in [6, 6.07) is 10.4. The summed E-state index contributed by atoms with van der Waals surface area (Å²) in [7, 11) is 3.15. The second kappa shape index (κ2) is 15.2. The van der Waals surface area contributed by atoms with Crippen LogP contribution in [0.15, 0.2) is 30.3 Å². The van der Waals surface area contributed by atoms with Gasteiger partial charge < -0.3 is 9.47 Å². The van der Waals surface area contributed by atoms with Gasteiger partial charge in [-0.3, -0.25) is 19.4 Å². The van der Waals surface area contributed by atoms with E-state index in [-0.39, 0.29) is 37.0 Å². The summed E-state index contributed by atoms with van der Waals surface area (Å²) in [4.78, 5) is 28.7.